The molecule has 1 aromatic heterocycles. The maximum atomic E-state index is 12.7. The third-order valence-corrected chi connectivity index (χ3v) is 5.62. The van der Waals surface area contributed by atoms with Gasteiger partial charge in [-0.25, -0.2) is 9.59 Å². The van der Waals surface area contributed by atoms with Crippen molar-refractivity contribution in [2.45, 2.75) is 19.0 Å². The Balaban J connectivity index is 1.83. The van der Waals surface area contributed by atoms with Gasteiger partial charge in [-0.05, 0) is 22.8 Å². The first-order valence-corrected chi connectivity index (χ1v) is 10.4. The Hall–Kier alpha value is -3.69. The Morgan fingerprint density at radius 1 is 1.12 bits per heavy atom. The molecule has 0 bridgehead atoms. The van der Waals surface area contributed by atoms with Crippen LogP contribution in [0, 0.1) is 0 Å². The predicted molar refractivity (Wildman–Crippen MR) is 124 cm³/mol. The summed E-state index contributed by atoms with van der Waals surface area (Å²) in [6.07, 6.45) is 1.47. The lowest BCUT2D eigenvalue weighted by Crippen LogP contribution is -2.42. The van der Waals surface area contributed by atoms with Gasteiger partial charge in [0.1, 0.15) is 6.04 Å². The van der Waals surface area contributed by atoms with Gasteiger partial charge >= 0.3 is 11.7 Å². The first-order chi connectivity index (χ1) is 15.6. The molecule has 0 fully saturated rings. The molecular formula is C23H23ClN4O5. The molecular weight excluding hydrogens is 448 g/mol. The lowest BCUT2D eigenvalue weighted by molar-refractivity contribution is -0.139. The number of aryl methyl sites for hydroxylation is 1. The van der Waals surface area contributed by atoms with Crippen LogP contribution >= 0.6 is 11.6 Å². The standard InChI is InChI=1S/C23H23ClN4O5/c1-27-12-16(21(30)28(2)23(27)33)14-8-6-13(7-9-14)10-18(22(31)32)26-20(29)19-15(11-25)4-3-5-17(19)24/h3-9,12,18H,10-11,25H2,1-2H3,(H,26,29)(H,31,32)/t18-/m0/s1. The fraction of sp³-hybridized carbons (Fsp3) is 0.217. The number of nitrogens with two attached hydrogens (primary N) is 1. The monoisotopic (exact) mass is 470 g/mol. The summed E-state index contributed by atoms with van der Waals surface area (Å²) >= 11 is 6.13. The summed E-state index contributed by atoms with van der Waals surface area (Å²) in [5, 5.41) is 12.3. The van der Waals surface area contributed by atoms with E-state index < -0.39 is 29.2 Å². The number of nitrogens with zero attached hydrogens (tertiary/aromatic N) is 2. The van der Waals surface area contributed by atoms with Gasteiger partial charge in [0.05, 0.1) is 16.1 Å². The maximum absolute atomic E-state index is 12.7. The van der Waals surface area contributed by atoms with Crippen molar-refractivity contribution in [3.05, 3.63) is 91.2 Å². The van der Waals surface area contributed by atoms with Crippen LogP contribution in [0.2, 0.25) is 5.02 Å². The number of hydrogen-bond acceptors (Lipinski definition) is 5. The topological polar surface area (TPSA) is 136 Å². The number of nitrogens with one attached hydrogen (secondary N) is 1. The van der Waals surface area contributed by atoms with Gasteiger partial charge in [0.25, 0.3) is 11.5 Å². The molecule has 3 aromatic rings. The first-order valence-electron chi connectivity index (χ1n) is 10.0. The molecule has 0 saturated heterocycles. The third kappa shape index (κ3) is 5.05. The molecule has 0 aliphatic rings. The van der Waals surface area contributed by atoms with Gasteiger partial charge in [-0.3, -0.25) is 14.2 Å². The van der Waals surface area contributed by atoms with Crippen molar-refractivity contribution in [1.29, 1.82) is 0 Å². The van der Waals surface area contributed by atoms with Gasteiger partial charge < -0.3 is 20.7 Å². The summed E-state index contributed by atoms with van der Waals surface area (Å²) in [4.78, 5) is 48.9. The highest BCUT2D eigenvalue weighted by Crippen LogP contribution is 2.21. The molecule has 0 aliphatic carbocycles. The second-order valence-electron chi connectivity index (χ2n) is 7.54. The second kappa shape index (κ2) is 9.85. The Morgan fingerprint density at radius 2 is 1.79 bits per heavy atom. The van der Waals surface area contributed by atoms with Crippen molar-refractivity contribution >= 4 is 23.5 Å². The van der Waals surface area contributed by atoms with Crippen LogP contribution in [0.5, 0.6) is 0 Å². The van der Waals surface area contributed by atoms with Gasteiger partial charge in [0.2, 0.25) is 0 Å². The predicted octanol–water partition coefficient (Wildman–Crippen LogP) is 1.29. The molecule has 0 spiro atoms. The quantitative estimate of drug-likeness (QED) is 0.476. The van der Waals surface area contributed by atoms with Crippen LogP contribution < -0.4 is 22.3 Å². The number of carboxylic acid groups (broad SMARTS) is 1. The molecule has 33 heavy (non-hydrogen) atoms. The summed E-state index contributed by atoms with van der Waals surface area (Å²) in [6.45, 7) is 0.0764. The van der Waals surface area contributed by atoms with Crippen molar-refractivity contribution in [1.82, 2.24) is 14.5 Å². The summed E-state index contributed by atoms with van der Waals surface area (Å²) in [5.74, 6) is -1.83. The summed E-state index contributed by atoms with van der Waals surface area (Å²) in [5.41, 5.74) is 7.00. The van der Waals surface area contributed by atoms with Crippen LogP contribution in [0.4, 0.5) is 0 Å². The van der Waals surface area contributed by atoms with E-state index in [9.17, 15) is 24.3 Å². The van der Waals surface area contributed by atoms with E-state index in [4.69, 9.17) is 17.3 Å². The smallest absolute Gasteiger partial charge is 0.330 e. The zero-order valence-electron chi connectivity index (χ0n) is 18.0. The van der Waals surface area contributed by atoms with E-state index in [0.29, 0.717) is 22.3 Å². The van der Waals surface area contributed by atoms with Crippen LogP contribution in [-0.2, 0) is 31.9 Å². The summed E-state index contributed by atoms with van der Waals surface area (Å²) in [7, 11) is 2.95. The van der Waals surface area contributed by atoms with Gasteiger partial charge in [-0.2, -0.15) is 0 Å². The van der Waals surface area contributed by atoms with Crippen molar-refractivity contribution in [2.75, 3.05) is 0 Å². The number of rotatable bonds is 7. The fourth-order valence-corrected chi connectivity index (χ4v) is 3.77. The highest BCUT2D eigenvalue weighted by atomic mass is 35.5. The van der Waals surface area contributed by atoms with E-state index >= 15 is 0 Å². The fourth-order valence-electron chi connectivity index (χ4n) is 3.49. The number of halogens is 1. The Morgan fingerprint density at radius 3 is 2.39 bits per heavy atom. The molecule has 10 heteroatoms. The Bertz CT molecular complexity index is 1330. The number of hydrogen-bond donors (Lipinski definition) is 3. The van der Waals surface area contributed by atoms with Crippen molar-refractivity contribution in [3.8, 4) is 11.1 Å². The number of aromatic nitrogens is 2. The van der Waals surface area contributed by atoms with Gasteiger partial charge in [0, 0.05) is 33.3 Å². The third-order valence-electron chi connectivity index (χ3n) is 5.30. The molecule has 0 saturated carbocycles. The molecule has 1 amide bonds. The van der Waals surface area contributed by atoms with E-state index in [1.54, 1.807) is 43.4 Å². The van der Waals surface area contributed by atoms with Crippen LogP contribution in [0.25, 0.3) is 11.1 Å². The molecule has 9 nitrogen and oxygen atoms in total. The largest absolute Gasteiger partial charge is 0.480 e. The Kier molecular flexibility index (Phi) is 7.15. The average Bonchev–Trinajstić information content (AvgIpc) is 2.79. The number of carbonyl (C=O) groups excluding carboxylic acids is 1. The highest BCUT2D eigenvalue weighted by Gasteiger charge is 2.24. The van der Waals surface area contributed by atoms with Crippen LogP contribution in [0.3, 0.4) is 0 Å². The lowest BCUT2D eigenvalue weighted by Gasteiger charge is -2.17. The molecule has 0 radical (unpaired) electrons. The summed E-state index contributed by atoms with van der Waals surface area (Å²) < 4.78 is 2.33. The second-order valence-corrected chi connectivity index (χ2v) is 7.95. The minimum Gasteiger partial charge on any atom is -0.480 e. The number of aliphatic carboxylic acids is 1. The highest BCUT2D eigenvalue weighted by molar-refractivity contribution is 6.34. The maximum Gasteiger partial charge on any atom is 0.330 e. The van der Waals surface area contributed by atoms with Crippen molar-refractivity contribution in [2.24, 2.45) is 19.8 Å². The van der Waals surface area contributed by atoms with Gasteiger partial charge in [0.15, 0.2) is 0 Å². The molecule has 0 unspecified atom stereocenters. The van der Waals surface area contributed by atoms with E-state index in [0.717, 1.165) is 4.57 Å². The first kappa shape index (κ1) is 24.0. The van der Waals surface area contributed by atoms with Crippen LogP contribution in [0.15, 0.2) is 58.3 Å². The SMILES string of the molecule is Cn1cc(-c2ccc(C[C@H](NC(=O)c3c(Cl)cccc3CN)C(=O)O)cc2)c(=O)n(C)c1=O. The summed E-state index contributed by atoms with van der Waals surface area (Å²) in [6, 6.07) is 10.3. The molecule has 2 aromatic carbocycles. The van der Waals surface area contributed by atoms with Crippen molar-refractivity contribution < 1.29 is 14.7 Å². The molecule has 1 atom stereocenters. The average molecular weight is 471 g/mol. The van der Waals surface area contributed by atoms with Crippen LogP contribution in [0.1, 0.15) is 21.5 Å². The molecule has 3 rings (SSSR count). The molecule has 172 valence electrons. The van der Waals surface area contributed by atoms with E-state index in [2.05, 4.69) is 5.32 Å². The normalized spacial score (nSPS) is 11.8. The Labute approximate surface area is 194 Å². The van der Waals surface area contributed by atoms with Gasteiger partial charge in [-0.15, -0.1) is 0 Å². The molecule has 4 N–H and O–H groups in total. The van der Waals surface area contributed by atoms with Crippen LogP contribution in [-0.4, -0.2) is 32.2 Å². The number of carboxylic acids is 1. The zero-order valence-corrected chi connectivity index (χ0v) is 18.8. The van der Waals surface area contributed by atoms with E-state index in [1.807, 2.05) is 0 Å². The van der Waals surface area contributed by atoms with E-state index in [-0.39, 0.29) is 23.6 Å². The number of amides is 1. The van der Waals surface area contributed by atoms with E-state index in [1.165, 1.54) is 23.9 Å². The van der Waals surface area contributed by atoms with Crippen molar-refractivity contribution in [3.63, 3.8) is 0 Å². The number of benzene rings is 2. The number of carbonyl (C=O) groups is 2. The minimum absolute atomic E-state index is 0.00898. The molecule has 0 aliphatic heterocycles. The lowest BCUT2D eigenvalue weighted by atomic mass is 10.0. The molecule has 1 heterocycles. The van der Waals surface area contributed by atoms with Gasteiger partial charge in [-0.1, -0.05) is 48.0 Å². The minimum atomic E-state index is -1.21. The zero-order chi connectivity index (χ0) is 24.3.